The highest BCUT2D eigenvalue weighted by atomic mass is 32.2. The molecular formula is C13H11N3O3S2. The molecule has 2 heterocycles. The number of nitrogens with zero attached hydrogens (tertiary/aromatic N) is 2. The van der Waals surface area contributed by atoms with Crippen molar-refractivity contribution in [2.24, 2.45) is 0 Å². The number of hydrogen-bond acceptors (Lipinski definition) is 6. The van der Waals surface area contributed by atoms with Crippen LogP contribution < -0.4 is 4.72 Å². The van der Waals surface area contributed by atoms with Crippen molar-refractivity contribution in [2.75, 3.05) is 4.72 Å². The lowest BCUT2D eigenvalue weighted by atomic mass is 10.2. The van der Waals surface area contributed by atoms with Gasteiger partial charge in [0.15, 0.2) is 5.82 Å². The van der Waals surface area contributed by atoms with Crippen LogP contribution in [0.1, 0.15) is 5.76 Å². The van der Waals surface area contributed by atoms with Crippen molar-refractivity contribution in [1.29, 1.82) is 0 Å². The molecule has 1 N–H and O–H groups in total. The molecule has 3 aromatic rings. The number of hydrogen-bond donors (Lipinski definition) is 1. The molecule has 2 aromatic heterocycles. The van der Waals surface area contributed by atoms with Gasteiger partial charge in [0.2, 0.25) is 0 Å². The normalized spacial score (nSPS) is 11.5. The average Bonchev–Trinajstić information content (AvgIpc) is 3.10. The summed E-state index contributed by atoms with van der Waals surface area (Å²) in [6.45, 7) is 1.69. The van der Waals surface area contributed by atoms with E-state index < -0.39 is 10.0 Å². The molecule has 108 valence electrons. The van der Waals surface area contributed by atoms with E-state index >= 15 is 0 Å². The van der Waals surface area contributed by atoms with Crippen LogP contribution in [-0.2, 0) is 10.0 Å². The van der Waals surface area contributed by atoms with Gasteiger partial charge in [-0.25, -0.2) is 13.4 Å². The zero-order valence-electron chi connectivity index (χ0n) is 11.0. The van der Waals surface area contributed by atoms with Crippen LogP contribution in [0.4, 0.5) is 5.82 Å². The molecular weight excluding hydrogens is 310 g/mol. The van der Waals surface area contributed by atoms with E-state index in [-0.39, 0.29) is 10.7 Å². The monoisotopic (exact) mass is 321 g/mol. The fraction of sp³-hybridized carbons (Fsp3) is 0.0769. The van der Waals surface area contributed by atoms with Crippen LogP contribution in [0.15, 0.2) is 51.3 Å². The van der Waals surface area contributed by atoms with E-state index in [9.17, 15) is 8.42 Å². The maximum absolute atomic E-state index is 12.2. The summed E-state index contributed by atoms with van der Waals surface area (Å²) >= 11 is 1.50. The van der Waals surface area contributed by atoms with Crippen LogP contribution in [0.2, 0.25) is 0 Å². The quantitative estimate of drug-likeness (QED) is 0.798. The van der Waals surface area contributed by atoms with Gasteiger partial charge in [0.05, 0.1) is 4.90 Å². The lowest BCUT2D eigenvalue weighted by Gasteiger charge is -2.05. The minimum atomic E-state index is -3.68. The van der Waals surface area contributed by atoms with Gasteiger partial charge in [-0.2, -0.15) is 0 Å². The molecule has 0 aliphatic heterocycles. The van der Waals surface area contributed by atoms with Gasteiger partial charge in [-0.1, -0.05) is 17.3 Å². The fourth-order valence-electron chi connectivity index (χ4n) is 1.75. The zero-order valence-corrected chi connectivity index (χ0v) is 12.6. The van der Waals surface area contributed by atoms with E-state index in [1.54, 1.807) is 25.3 Å². The molecule has 6 nitrogen and oxygen atoms in total. The zero-order chi connectivity index (χ0) is 14.9. The van der Waals surface area contributed by atoms with Gasteiger partial charge in [-0.15, -0.1) is 11.3 Å². The predicted octanol–water partition coefficient (Wildman–Crippen LogP) is 2.91. The standard InChI is InChI=1S/C13H11N3O3S2/c1-9-8-12(15-19-9)16-21(17,18)11-4-2-10(3-5-11)13-14-6-7-20-13/h2-8H,1H3,(H,15,16). The first-order valence-electron chi connectivity index (χ1n) is 6.01. The van der Waals surface area contributed by atoms with Gasteiger partial charge in [0.1, 0.15) is 10.8 Å². The van der Waals surface area contributed by atoms with Crippen LogP contribution in [-0.4, -0.2) is 18.6 Å². The van der Waals surface area contributed by atoms with E-state index in [0.29, 0.717) is 5.76 Å². The van der Waals surface area contributed by atoms with E-state index in [1.807, 2.05) is 5.38 Å². The Balaban J connectivity index is 1.86. The topological polar surface area (TPSA) is 85.1 Å². The van der Waals surface area contributed by atoms with Gasteiger partial charge in [0, 0.05) is 23.2 Å². The van der Waals surface area contributed by atoms with Crippen LogP contribution in [0, 0.1) is 6.92 Å². The molecule has 0 fully saturated rings. The SMILES string of the molecule is Cc1cc(NS(=O)(=O)c2ccc(-c3nccs3)cc2)no1. The molecule has 0 saturated heterocycles. The predicted molar refractivity (Wildman–Crippen MR) is 79.6 cm³/mol. The van der Waals surface area contributed by atoms with Gasteiger partial charge in [-0.3, -0.25) is 4.72 Å². The number of benzene rings is 1. The summed E-state index contributed by atoms with van der Waals surface area (Å²) in [4.78, 5) is 4.34. The third-order valence-electron chi connectivity index (χ3n) is 2.71. The smallest absolute Gasteiger partial charge is 0.263 e. The van der Waals surface area contributed by atoms with Crippen LogP contribution in [0.5, 0.6) is 0 Å². The summed E-state index contributed by atoms with van der Waals surface area (Å²) < 4.78 is 31.6. The summed E-state index contributed by atoms with van der Waals surface area (Å²) in [6.07, 6.45) is 1.71. The molecule has 8 heteroatoms. The third kappa shape index (κ3) is 2.96. The molecule has 0 bridgehead atoms. The molecule has 0 unspecified atom stereocenters. The summed E-state index contributed by atoms with van der Waals surface area (Å²) in [5, 5.41) is 6.33. The second-order valence-corrected chi connectivity index (χ2v) is 6.87. The number of aromatic nitrogens is 2. The van der Waals surface area contributed by atoms with Crippen molar-refractivity contribution in [3.8, 4) is 10.6 Å². The van der Waals surface area contributed by atoms with Gasteiger partial charge >= 0.3 is 0 Å². The Kier molecular flexibility index (Phi) is 3.48. The largest absolute Gasteiger partial charge is 0.360 e. The highest BCUT2D eigenvalue weighted by Gasteiger charge is 2.16. The summed E-state index contributed by atoms with van der Waals surface area (Å²) in [5.41, 5.74) is 0.876. The molecule has 0 amide bonds. The second-order valence-electron chi connectivity index (χ2n) is 4.29. The van der Waals surface area contributed by atoms with Crippen LogP contribution in [0.3, 0.4) is 0 Å². The molecule has 1 aromatic carbocycles. The average molecular weight is 321 g/mol. The van der Waals surface area contributed by atoms with Gasteiger partial charge in [-0.05, 0) is 19.1 Å². The third-order valence-corrected chi connectivity index (χ3v) is 4.90. The molecule has 0 radical (unpaired) electrons. The molecule has 0 spiro atoms. The number of sulfonamides is 1. The van der Waals surface area contributed by atoms with Crippen molar-refractivity contribution < 1.29 is 12.9 Å². The minimum absolute atomic E-state index is 0.156. The Morgan fingerprint density at radius 2 is 2.00 bits per heavy atom. The fourth-order valence-corrected chi connectivity index (χ4v) is 3.38. The van der Waals surface area contributed by atoms with Gasteiger partial charge in [0.25, 0.3) is 10.0 Å². The molecule has 3 rings (SSSR count). The number of thiazole rings is 1. The highest BCUT2D eigenvalue weighted by Crippen LogP contribution is 2.24. The first-order valence-corrected chi connectivity index (χ1v) is 8.37. The van der Waals surface area contributed by atoms with Crippen molar-refractivity contribution in [3.63, 3.8) is 0 Å². The van der Waals surface area contributed by atoms with Crippen molar-refractivity contribution in [1.82, 2.24) is 10.1 Å². The maximum Gasteiger partial charge on any atom is 0.263 e. The Labute approximate surface area is 125 Å². The van der Waals surface area contributed by atoms with E-state index in [2.05, 4.69) is 14.9 Å². The Morgan fingerprint density at radius 1 is 1.24 bits per heavy atom. The van der Waals surface area contributed by atoms with E-state index in [1.165, 1.54) is 29.5 Å². The number of rotatable bonds is 4. The highest BCUT2D eigenvalue weighted by molar-refractivity contribution is 7.92. The summed E-state index contributed by atoms with van der Waals surface area (Å²) in [7, 11) is -3.68. The number of nitrogens with one attached hydrogen (secondary N) is 1. The molecule has 21 heavy (non-hydrogen) atoms. The second kappa shape index (κ2) is 5.30. The molecule has 0 saturated carbocycles. The Hall–Kier alpha value is -2.19. The first kappa shape index (κ1) is 13.8. The Bertz CT molecular complexity index is 837. The molecule has 0 aliphatic carbocycles. The van der Waals surface area contributed by atoms with Crippen molar-refractivity contribution in [2.45, 2.75) is 11.8 Å². The van der Waals surface area contributed by atoms with Crippen LogP contribution >= 0.6 is 11.3 Å². The van der Waals surface area contributed by atoms with Gasteiger partial charge < -0.3 is 4.52 Å². The first-order chi connectivity index (χ1) is 10.0. The van der Waals surface area contributed by atoms with Crippen molar-refractivity contribution in [3.05, 3.63) is 47.7 Å². The van der Waals surface area contributed by atoms with Crippen LogP contribution in [0.25, 0.3) is 10.6 Å². The molecule has 0 atom stereocenters. The van der Waals surface area contributed by atoms with E-state index in [0.717, 1.165) is 10.6 Å². The number of anilines is 1. The lowest BCUT2D eigenvalue weighted by Crippen LogP contribution is -2.12. The van der Waals surface area contributed by atoms with E-state index in [4.69, 9.17) is 4.52 Å². The minimum Gasteiger partial charge on any atom is -0.360 e. The Morgan fingerprint density at radius 3 is 2.57 bits per heavy atom. The maximum atomic E-state index is 12.2. The number of aryl methyl sites for hydroxylation is 1. The van der Waals surface area contributed by atoms with Crippen molar-refractivity contribution >= 4 is 27.2 Å². The molecule has 0 aliphatic rings. The lowest BCUT2D eigenvalue weighted by molar-refractivity contribution is 0.400. The summed E-state index contributed by atoms with van der Waals surface area (Å²) in [6, 6.07) is 8.03. The summed E-state index contributed by atoms with van der Waals surface area (Å²) in [5.74, 6) is 0.698.